The van der Waals surface area contributed by atoms with Gasteiger partial charge in [0.05, 0.1) is 18.4 Å². The molecule has 10 heteroatoms. The number of hydrogen-bond donors (Lipinski definition) is 2. The standard InChI is InChI=1S/C36H37N3O6S/c1-35(34(42)43-2)25-45-33(39-35)29-24-44-31(38-29)23-37-32(41)30(40)21-13-6-14-22-46-36(26-15-7-3-8-16-26,27-17-9-4-10-18-27)28-19-11-5-12-20-28/h3-13,15-20,24,30,40H,14,21-23,25H2,1-2H3,(H,37,41)/t30-,35+/m1/s1. The van der Waals surface area contributed by atoms with Crippen molar-refractivity contribution in [3.8, 4) is 0 Å². The summed E-state index contributed by atoms with van der Waals surface area (Å²) in [5.41, 5.74) is 2.76. The predicted octanol–water partition coefficient (Wildman–Crippen LogP) is 5.42. The zero-order chi connectivity index (χ0) is 32.4. The molecule has 0 aliphatic carbocycles. The molecule has 0 spiro atoms. The molecule has 2 N–H and O–H groups in total. The lowest BCUT2D eigenvalue weighted by molar-refractivity contribution is -0.146. The molecule has 2 heterocycles. The molecule has 1 aliphatic heterocycles. The molecule has 2 atom stereocenters. The van der Waals surface area contributed by atoms with E-state index in [2.05, 4.69) is 88.1 Å². The Hall–Kier alpha value is -4.67. The zero-order valence-electron chi connectivity index (χ0n) is 25.8. The molecule has 0 saturated heterocycles. The summed E-state index contributed by atoms with van der Waals surface area (Å²) < 4.78 is 15.3. The van der Waals surface area contributed by atoms with Crippen LogP contribution < -0.4 is 5.32 Å². The van der Waals surface area contributed by atoms with Crippen molar-refractivity contribution in [3.63, 3.8) is 0 Å². The lowest BCUT2D eigenvalue weighted by Gasteiger charge is -2.35. The van der Waals surface area contributed by atoms with E-state index in [0.717, 1.165) is 12.2 Å². The molecule has 46 heavy (non-hydrogen) atoms. The Morgan fingerprint density at radius 3 is 2.15 bits per heavy atom. The van der Waals surface area contributed by atoms with Crippen LogP contribution in [0, 0.1) is 0 Å². The van der Waals surface area contributed by atoms with Gasteiger partial charge in [-0.3, -0.25) is 4.79 Å². The van der Waals surface area contributed by atoms with E-state index in [1.165, 1.54) is 30.1 Å². The maximum Gasteiger partial charge on any atom is 0.337 e. The number of carbonyl (C=O) groups is 2. The highest BCUT2D eigenvalue weighted by Gasteiger charge is 2.41. The molecule has 0 saturated carbocycles. The van der Waals surface area contributed by atoms with E-state index < -0.39 is 28.3 Å². The molecule has 0 radical (unpaired) electrons. The summed E-state index contributed by atoms with van der Waals surface area (Å²) >= 11 is 1.86. The first-order valence-electron chi connectivity index (χ1n) is 15.0. The van der Waals surface area contributed by atoms with Crippen LogP contribution in [0.4, 0.5) is 0 Å². The van der Waals surface area contributed by atoms with Gasteiger partial charge in [0.2, 0.25) is 17.7 Å². The Morgan fingerprint density at radius 1 is 1.00 bits per heavy atom. The molecular weight excluding hydrogens is 602 g/mol. The second-order valence-corrected chi connectivity index (χ2v) is 12.3. The number of thioether (sulfide) groups is 1. The summed E-state index contributed by atoms with van der Waals surface area (Å²) in [4.78, 5) is 33.0. The Labute approximate surface area is 272 Å². The normalized spacial score (nSPS) is 16.9. The van der Waals surface area contributed by atoms with Gasteiger partial charge in [0.25, 0.3) is 0 Å². The quantitative estimate of drug-likeness (QED) is 0.0812. The van der Waals surface area contributed by atoms with Crippen molar-refractivity contribution >= 4 is 29.5 Å². The van der Waals surface area contributed by atoms with Crippen molar-refractivity contribution in [1.29, 1.82) is 0 Å². The number of rotatable bonds is 14. The molecule has 238 valence electrons. The molecule has 3 aromatic carbocycles. The zero-order valence-corrected chi connectivity index (χ0v) is 26.6. The number of allylic oxidation sites excluding steroid dienone is 1. The van der Waals surface area contributed by atoms with E-state index in [0.29, 0.717) is 5.69 Å². The molecule has 5 rings (SSSR count). The van der Waals surface area contributed by atoms with Crippen molar-refractivity contribution in [2.45, 2.75) is 42.7 Å². The first-order valence-corrected chi connectivity index (χ1v) is 16.0. The van der Waals surface area contributed by atoms with Gasteiger partial charge in [-0.2, -0.15) is 0 Å². The number of carbonyl (C=O) groups excluding carboxylic acids is 2. The van der Waals surface area contributed by atoms with Crippen LogP contribution in [-0.4, -0.2) is 59.0 Å². The summed E-state index contributed by atoms with van der Waals surface area (Å²) in [6.07, 6.45) is 4.87. The van der Waals surface area contributed by atoms with Gasteiger partial charge >= 0.3 is 5.97 Å². The van der Waals surface area contributed by atoms with E-state index in [4.69, 9.17) is 13.9 Å². The van der Waals surface area contributed by atoms with Crippen molar-refractivity contribution in [2.24, 2.45) is 4.99 Å². The second kappa shape index (κ2) is 15.1. The van der Waals surface area contributed by atoms with Gasteiger partial charge in [0.15, 0.2) is 11.2 Å². The fourth-order valence-electron chi connectivity index (χ4n) is 5.22. The van der Waals surface area contributed by atoms with Crippen LogP contribution in [0.5, 0.6) is 0 Å². The minimum atomic E-state index is -1.22. The summed E-state index contributed by atoms with van der Waals surface area (Å²) in [6, 6.07) is 31.6. The van der Waals surface area contributed by atoms with Gasteiger partial charge in [-0.25, -0.2) is 14.8 Å². The maximum atomic E-state index is 12.5. The molecule has 0 unspecified atom stereocenters. The molecule has 0 fully saturated rings. The Bertz CT molecular complexity index is 1560. The highest BCUT2D eigenvalue weighted by Crippen LogP contribution is 2.48. The largest absolute Gasteiger partial charge is 0.473 e. The van der Waals surface area contributed by atoms with Crippen LogP contribution in [0.1, 0.15) is 48.0 Å². The fraction of sp³-hybridized carbons (Fsp3) is 0.278. The first kappa shape index (κ1) is 32.7. The van der Waals surface area contributed by atoms with Crippen LogP contribution in [-0.2, 0) is 30.4 Å². The van der Waals surface area contributed by atoms with E-state index in [1.54, 1.807) is 6.92 Å². The average molecular weight is 640 g/mol. The van der Waals surface area contributed by atoms with E-state index >= 15 is 0 Å². The number of methoxy groups -OCH3 is 1. The number of nitrogens with one attached hydrogen (secondary N) is 1. The van der Waals surface area contributed by atoms with Crippen LogP contribution in [0.15, 0.2) is 119 Å². The average Bonchev–Trinajstić information content (AvgIpc) is 3.75. The summed E-state index contributed by atoms with van der Waals surface area (Å²) in [6.45, 7) is 1.60. The minimum absolute atomic E-state index is 0.0281. The minimum Gasteiger partial charge on any atom is -0.473 e. The first-order chi connectivity index (χ1) is 22.4. The molecule has 4 aromatic rings. The number of esters is 1. The number of oxazole rings is 1. The lowest BCUT2D eigenvalue weighted by atomic mass is 9.84. The third-order valence-electron chi connectivity index (χ3n) is 7.62. The van der Waals surface area contributed by atoms with Gasteiger partial charge in [0, 0.05) is 6.42 Å². The van der Waals surface area contributed by atoms with Gasteiger partial charge < -0.3 is 24.3 Å². The smallest absolute Gasteiger partial charge is 0.337 e. The molecule has 9 nitrogen and oxygen atoms in total. The van der Waals surface area contributed by atoms with Crippen LogP contribution in [0.25, 0.3) is 0 Å². The third kappa shape index (κ3) is 7.41. The highest BCUT2D eigenvalue weighted by molar-refractivity contribution is 8.00. The van der Waals surface area contributed by atoms with Crippen molar-refractivity contribution in [1.82, 2.24) is 10.3 Å². The second-order valence-electron chi connectivity index (χ2n) is 11.0. The number of aromatic nitrogens is 1. The SMILES string of the molecule is COC(=O)[C@]1(C)COC(c2coc(CNC(=O)[C@H](O)CC=CCCSC(c3ccccc3)(c3ccccc3)c3ccccc3)n2)=N1. The predicted molar refractivity (Wildman–Crippen MR) is 177 cm³/mol. The van der Waals surface area contributed by atoms with E-state index in [1.807, 2.05) is 42.1 Å². The number of hydrogen-bond acceptors (Lipinski definition) is 9. The number of ether oxygens (including phenoxy) is 2. The van der Waals surface area contributed by atoms with Crippen LogP contribution in [0.3, 0.4) is 0 Å². The van der Waals surface area contributed by atoms with Gasteiger partial charge in [-0.1, -0.05) is 103 Å². The van der Waals surface area contributed by atoms with E-state index in [9.17, 15) is 14.7 Å². The molecule has 1 aromatic heterocycles. The summed E-state index contributed by atoms with van der Waals surface area (Å²) in [5, 5.41) is 13.1. The topological polar surface area (TPSA) is 123 Å². The van der Waals surface area contributed by atoms with Crippen LogP contribution in [0.2, 0.25) is 0 Å². The number of amides is 1. The maximum absolute atomic E-state index is 12.5. The number of aliphatic hydroxyl groups is 1. The molecule has 1 aliphatic rings. The third-order valence-corrected chi connectivity index (χ3v) is 9.20. The highest BCUT2D eigenvalue weighted by atomic mass is 32.2. The van der Waals surface area contributed by atoms with Crippen LogP contribution >= 0.6 is 11.8 Å². The molecule has 1 amide bonds. The number of nitrogens with zero attached hydrogens (tertiary/aromatic N) is 2. The van der Waals surface area contributed by atoms with Gasteiger partial charge in [0.1, 0.15) is 19.0 Å². The lowest BCUT2D eigenvalue weighted by Crippen LogP contribution is -2.35. The number of benzene rings is 3. The summed E-state index contributed by atoms with van der Waals surface area (Å²) in [7, 11) is 1.29. The molecule has 0 bridgehead atoms. The van der Waals surface area contributed by atoms with Crippen molar-refractivity contribution < 1.29 is 28.6 Å². The number of aliphatic imine (C=N–C) groups is 1. The summed E-state index contributed by atoms with van der Waals surface area (Å²) in [5.74, 6) is 0.131. The van der Waals surface area contributed by atoms with E-state index in [-0.39, 0.29) is 31.4 Å². The van der Waals surface area contributed by atoms with Gasteiger partial charge in [-0.15, -0.1) is 11.8 Å². The Morgan fingerprint density at radius 2 is 1.59 bits per heavy atom. The molecular formula is C36H37N3O6S. The fourth-order valence-corrected chi connectivity index (χ4v) is 6.69. The van der Waals surface area contributed by atoms with Gasteiger partial charge in [-0.05, 0) is 35.8 Å². The number of aliphatic hydroxyl groups excluding tert-OH is 1. The Kier molecular flexibility index (Phi) is 10.7. The monoisotopic (exact) mass is 639 g/mol. The van der Waals surface area contributed by atoms with Crippen molar-refractivity contribution in [3.05, 3.63) is 138 Å². The van der Waals surface area contributed by atoms with Crippen molar-refractivity contribution in [2.75, 3.05) is 19.5 Å². The Balaban J connectivity index is 1.14.